The molecule has 57 heavy (non-hydrogen) atoms. The lowest BCUT2D eigenvalue weighted by atomic mass is 9.82. The monoisotopic (exact) mass is 728 g/mol. The summed E-state index contributed by atoms with van der Waals surface area (Å²) in [6, 6.07) is 73.1. The number of para-hydroxylation sites is 1. The molecule has 11 rings (SSSR count). The third kappa shape index (κ3) is 5.40. The molecule has 1 N–H and O–H groups in total. The molecule has 10 aromatic rings. The maximum Gasteiger partial charge on any atom is 0.0622 e. The molecule has 1 heterocycles. The fourth-order valence-corrected chi connectivity index (χ4v) is 9.33. The fourth-order valence-electron chi connectivity index (χ4n) is 9.33. The number of nitrogens with one attached hydrogen (secondary N) is 1. The molecular weight excluding hydrogens is 689 g/mol. The minimum absolute atomic E-state index is 0.0910. The zero-order chi connectivity index (χ0) is 38.1. The van der Waals surface area contributed by atoms with Gasteiger partial charge in [-0.05, 0) is 104 Å². The molecule has 0 saturated carbocycles. The number of rotatable bonds is 6. The molecule has 0 fully saturated rings. The second-order valence-electron chi connectivity index (χ2n) is 15.9. The summed E-state index contributed by atoms with van der Waals surface area (Å²) in [6.45, 7) is 4.74. The van der Waals surface area contributed by atoms with E-state index >= 15 is 0 Å². The van der Waals surface area contributed by atoms with Crippen LogP contribution in [0.3, 0.4) is 0 Å². The highest BCUT2D eigenvalue weighted by Gasteiger charge is 2.37. The Balaban J connectivity index is 1.05. The Morgan fingerprint density at radius 3 is 1.98 bits per heavy atom. The number of fused-ring (bicyclic) bond motifs is 8. The number of hydrogen-bond donors (Lipinski definition) is 1. The summed E-state index contributed by atoms with van der Waals surface area (Å²) in [5, 5.41) is 8.76. The lowest BCUT2D eigenvalue weighted by Crippen LogP contribution is -2.14. The Morgan fingerprint density at radius 2 is 1.11 bits per heavy atom. The summed E-state index contributed by atoms with van der Waals surface area (Å²) in [6.07, 6.45) is 0. The Kier molecular flexibility index (Phi) is 7.55. The van der Waals surface area contributed by atoms with Crippen molar-refractivity contribution in [2.75, 3.05) is 5.32 Å². The van der Waals surface area contributed by atoms with Gasteiger partial charge >= 0.3 is 0 Å². The van der Waals surface area contributed by atoms with Crippen molar-refractivity contribution in [1.82, 2.24) is 4.57 Å². The molecule has 0 amide bonds. The standard InChI is InChI=1S/C55H40N2/c1-55(2)49-24-10-8-23-47(49)53-50(55)30-29-46-48-35-41(27-31-52(48)57(54(46)53)44-28-26-37-16-6-7-17-40(37)34-44)38-18-12-20-42(32-38)45-22-9-11-25-51(45)56-43-21-13-19-39(33-43)36-14-4-3-5-15-36/h3-35,56H,1-2H3. The first-order valence-electron chi connectivity index (χ1n) is 19.8. The zero-order valence-electron chi connectivity index (χ0n) is 32.0. The topological polar surface area (TPSA) is 17.0 Å². The SMILES string of the molecule is CC1(C)c2ccccc2-c2c1ccc1c3cc(-c4cccc(-c5ccccc5Nc5cccc(-c6ccccc6)c5)c4)ccc3n(-c3ccc4ccccc4c3)c21. The van der Waals surface area contributed by atoms with Crippen LogP contribution in [-0.4, -0.2) is 4.57 Å². The average molecular weight is 729 g/mol. The Labute approximate surface area is 333 Å². The minimum Gasteiger partial charge on any atom is -0.355 e. The van der Waals surface area contributed by atoms with E-state index in [9.17, 15) is 0 Å². The van der Waals surface area contributed by atoms with Crippen molar-refractivity contribution in [3.63, 3.8) is 0 Å². The van der Waals surface area contributed by atoms with Crippen LogP contribution < -0.4 is 5.32 Å². The molecule has 2 heteroatoms. The van der Waals surface area contributed by atoms with Crippen molar-refractivity contribution >= 4 is 44.0 Å². The zero-order valence-corrected chi connectivity index (χ0v) is 32.0. The van der Waals surface area contributed by atoms with E-state index in [0.29, 0.717) is 0 Å². The predicted molar refractivity (Wildman–Crippen MR) is 242 cm³/mol. The van der Waals surface area contributed by atoms with Crippen LogP contribution in [0.5, 0.6) is 0 Å². The van der Waals surface area contributed by atoms with Crippen molar-refractivity contribution in [3.05, 3.63) is 211 Å². The van der Waals surface area contributed by atoms with Gasteiger partial charge < -0.3 is 9.88 Å². The van der Waals surface area contributed by atoms with E-state index in [1.165, 1.54) is 88.3 Å². The molecule has 0 unspecified atom stereocenters. The fraction of sp³-hybridized carbons (Fsp3) is 0.0545. The molecule has 0 aliphatic heterocycles. The molecular formula is C55H40N2. The summed E-state index contributed by atoms with van der Waals surface area (Å²) in [5.41, 5.74) is 18.3. The Bertz CT molecular complexity index is 3180. The average Bonchev–Trinajstić information content (AvgIpc) is 3.72. The van der Waals surface area contributed by atoms with E-state index in [-0.39, 0.29) is 5.41 Å². The van der Waals surface area contributed by atoms with Crippen LogP contribution in [0.4, 0.5) is 11.4 Å². The largest absolute Gasteiger partial charge is 0.355 e. The molecule has 0 radical (unpaired) electrons. The first-order chi connectivity index (χ1) is 28.0. The lowest BCUT2D eigenvalue weighted by molar-refractivity contribution is 0.661. The van der Waals surface area contributed by atoms with E-state index in [4.69, 9.17) is 0 Å². The maximum atomic E-state index is 3.74. The molecule has 1 aromatic heterocycles. The van der Waals surface area contributed by atoms with E-state index in [0.717, 1.165) is 16.9 Å². The van der Waals surface area contributed by atoms with Gasteiger partial charge in [0.15, 0.2) is 0 Å². The van der Waals surface area contributed by atoms with Gasteiger partial charge in [0.1, 0.15) is 0 Å². The molecule has 0 atom stereocenters. The van der Waals surface area contributed by atoms with Crippen LogP contribution in [0.2, 0.25) is 0 Å². The van der Waals surface area contributed by atoms with Crippen molar-refractivity contribution in [3.8, 4) is 50.2 Å². The van der Waals surface area contributed by atoms with Crippen LogP contribution >= 0.6 is 0 Å². The van der Waals surface area contributed by atoms with Gasteiger partial charge in [-0.15, -0.1) is 0 Å². The van der Waals surface area contributed by atoms with Crippen LogP contribution in [0, 0.1) is 0 Å². The summed E-state index contributed by atoms with van der Waals surface area (Å²) in [4.78, 5) is 0. The van der Waals surface area contributed by atoms with E-state index in [1.807, 2.05) is 0 Å². The maximum absolute atomic E-state index is 3.74. The molecule has 2 nitrogen and oxygen atoms in total. The van der Waals surface area contributed by atoms with Gasteiger partial charge in [-0.2, -0.15) is 0 Å². The van der Waals surface area contributed by atoms with Crippen molar-refractivity contribution < 1.29 is 0 Å². The second kappa shape index (κ2) is 13.0. The highest BCUT2D eigenvalue weighted by molar-refractivity contribution is 6.16. The first-order valence-corrected chi connectivity index (χ1v) is 19.8. The smallest absolute Gasteiger partial charge is 0.0622 e. The molecule has 0 bridgehead atoms. The third-order valence-electron chi connectivity index (χ3n) is 12.1. The molecule has 0 spiro atoms. The lowest BCUT2D eigenvalue weighted by Gasteiger charge is -2.21. The number of anilines is 2. The normalized spacial score (nSPS) is 12.9. The summed E-state index contributed by atoms with van der Waals surface area (Å²) >= 11 is 0. The Morgan fingerprint density at radius 1 is 0.421 bits per heavy atom. The van der Waals surface area contributed by atoms with Crippen LogP contribution in [0.25, 0.3) is 82.8 Å². The van der Waals surface area contributed by atoms with Gasteiger partial charge in [0.25, 0.3) is 0 Å². The number of nitrogens with zero attached hydrogens (tertiary/aromatic N) is 1. The van der Waals surface area contributed by atoms with Gasteiger partial charge in [-0.1, -0.05) is 166 Å². The van der Waals surface area contributed by atoms with Gasteiger partial charge in [0.05, 0.1) is 11.0 Å². The Hall–Kier alpha value is -7.16. The molecule has 270 valence electrons. The van der Waals surface area contributed by atoms with Crippen molar-refractivity contribution in [2.24, 2.45) is 0 Å². The number of hydrogen-bond acceptors (Lipinski definition) is 1. The van der Waals surface area contributed by atoms with Gasteiger partial charge in [-0.25, -0.2) is 0 Å². The highest BCUT2D eigenvalue weighted by atomic mass is 15.0. The second-order valence-corrected chi connectivity index (χ2v) is 15.9. The van der Waals surface area contributed by atoms with E-state index in [1.54, 1.807) is 0 Å². The molecule has 9 aromatic carbocycles. The van der Waals surface area contributed by atoms with Crippen molar-refractivity contribution in [2.45, 2.75) is 19.3 Å². The third-order valence-corrected chi connectivity index (χ3v) is 12.1. The summed E-state index contributed by atoms with van der Waals surface area (Å²) < 4.78 is 2.52. The molecule has 1 aliphatic rings. The summed E-state index contributed by atoms with van der Waals surface area (Å²) in [5.74, 6) is 0. The first kappa shape index (κ1) is 33.2. The van der Waals surface area contributed by atoms with Gasteiger partial charge in [0.2, 0.25) is 0 Å². The van der Waals surface area contributed by atoms with E-state index < -0.39 is 0 Å². The van der Waals surface area contributed by atoms with Gasteiger partial charge in [-0.3, -0.25) is 0 Å². The quantitative estimate of drug-likeness (QED) is 0.180. The van der Waals surface area contributed by atoms with Gasteiger partial charge in [0, 0.05) is 44.4 Å². The molecule has 0 saturated heterocycles. The predicted octanol–water partition coefficient (Wildman–Crippen LogP) is 15.0. The molecule has 1 aliphatic carbocycles. The number of aromatic nitrogens is 1. The minimum atomic E-state index is -0.0910. The van der Waals surface area contributed by atoms with Crippen molar-refractivity contribution in [1.29, 1.82) is 0 Å². The van der Waals surface area contributed by atoms with Crippen LogP contribution in [0.15, 0.2) is 200 Å². The highest BCUT2D eigenvalue weighted by Crippen LogP contribution is 2.53. The number of benzene rings is 9. The summed E-state index contributed by atoms with van der Waals surface area (Å²) in [7, 11) is 0. The van der Waals surface area contributed by atoms with Crippen LogP contribution in [0.1, 0.15) is 25.0 Å². The van der Waals surface area contributed by atoms with Crippen LogP contribution in [-0.2, 0) is 5.41 Å². The van der Waals surface area contributed by atoms with E-state index in [2.05, 4.69) is 224 Å².